The van der Waals surface area contributed by atoms with Crippen molar-refractivity contribution in [2.75, 3.05) is 0 Å². The van der Waals surface area contributed by atoms with Gasteiger partial charge in [-0.05, 0) is 6.92 Å². The molecule has 0 aromatic carbocycles. The molecule has 0 aliphatic carbocycles. The van der Waals surface area contributed by atoms with E-state index < -0.39 is 23.9 Å². The molecule has 94 valence electrons. The fraction of sp³-hybridized carbons (Fsp3) is 0.444. The van der Waals surface area contributed by atoms with Crippen LogP contribution in [-0.4, -0.2) is 39.1 Å². The summed E-state index contributed by atoms with van der Waals surface area (Å²) in [6, 6.07) is -1.63. The molecule has 0 spiro atoms. The Hall–Kier alpha value is -1.93. The van der Waals surface area contributed by atoms with E-state index in [1.807, 2.05) is 0 Å². The minimum absolute atomic E-state index is 0.291. The molecule has 0 radical (unpaired) electrons. The van der Waals surface area contributed by atoms with E-state index >= 15 is 0 Å². The third-order valence-electron chi connectivity index (χ3n) is 2.19. The smallest absolute Gasteiger partial charge is 0.265 e. The Morgan fingerprint density at radius 3 is 2.82 bits per heavy atom. The summed E-state index contributed by atoms with van der Waals surface area (Å²) in [5.74, 6) is -1.18. The third kappa shape index (κ3) is 3.85. The molecule has 0 saturated carbocycles. The summed E-state index contributed by atoms with van der Waals surface area (Å²) < 4.78 is 0. The Bertz CT molecular complexity index is 378. The van der Waals surface area contributed by atoms with Gasteiger partial charge in [-0.2, -0.15) is 0 Å². The number of carbonyl (C=O) groups is 2. The average Bonchev–Trinajstić information content (AvgIpc) is 2.80. The van der Waals surface area contributed by atoms with E-state index in [-0.39, 0.29) is 0 Å². The van der Waals surface area contributed by atoms with Crippen LogP contribution in [0.15, 0.2) is 12.5 Å². The first-order valence-electron chi connectivity index (χ1n) is 5.01. The van der Waals surface area contributed by atoms with E-state index in [0.717, 1.165) is 5.69 Å². The van der Waals surface area contributed by atoms with Crippen LogP contribution in [0.1, 0.15) is 12.6 Å². The number of nitrogens with zero attached hydrogens (tertiary/aromatic N) is 1. The predicted octanol–water partition coefficient (Wildman–Crippen LogP) is -1.71. The zero-order valence-electron chi connectivity index (χ0n) is 9.30. The molecule has 8 heteroatoms. The molecule has 2 atom stereocenters. The van der Waals surface area contributed by atoms with E-state index in [1.165, 1.54) is 18.7 Å². The molecule has 6 N–H and O–H groups in total. The van der Waals surface area contributed by atoms with Gasteiger partial charge >= 0.3 is 0 Å². The van der Waals surface area contributed by atoms with Crippen molar-refractivity contribution in [1.82, 2.24) is 20.8 Å². The highest BCUT2D eigenvalue weighted by atomic mass is 16.5. The van der Waals surface area contributed by atoms with Crippen molar-refractivity contribution in [3.8, 4) is 0 Å². The van der Waals surface area contributed by atoms with Crippen LogP contribution in [0, 0.1) is 0 Å². The van der Waals surface area contributed by atoms with Crippen LogP contribution >= 0.6 is 0 Å². The number of imidazole rings is 1. The zero-order valence-corrected chi connectivity index (χ0v) is 9.30. The first-order valence-corrected chi connectivity index (χ1v) is 5.01. The van der Waals surface area contributed by atoms with Crippen molar-refractivity contribution >= 4 is 11.8 Å². The second-order valence-corrected chi connectivity index (χ2v) is 3.59. The van der Waals surface area contributed by atoms with Crippen molar-refractivity contribution in [2.45, 2.75) is 25.4 Å². The molecule has 1 aromatic rings. The fourth-order valence-corrected chi connectivity index (χ4v) is 1.21. The Morgan fingerprint density at radius 2 is 2.29 bits per heavy atom. The van der Waals surface area contributed by atoms with E-state index in [9.17, 15) is 9.59 Å². The molecule has 1 aromatic heterocycles. The van der Waals surface area contributed by atoms with Gasteiger partial charge in [-0.25, -0.2) is 10.5 Å². The number of aromatic amines is 1. The van der Waals surface area contributed by atoms with Crippen molar-refractivity contribution in [2.24, 2.45) is 5.73 Å². The van der Waals surface area contributed by atoms with Gasteiger partial charge in [-0.1, -0.05) is 0 Å². The molecular formula is C9H15N5O3. The molecule has 8 nitrogen and oxygen atoms in total. The number of aromatic nitrogens is 2. The number of hydrogen-bond donors (Lipinski definition) is 5. The number of amides is 2. The Balaban J connectivity index is 2.44. The lowest BCUT2D eigenvalue weighted by Crippen LogP contribution is -2.50. The predicted molar refractivity (Wildman–Crippen MR) is 57.8 cm³/mol. The summed E-state index contributed by atoms with van der Waals surface area (Å²) in [5, 5.41) is 10.7. The second kappa shape index (κ2) is 5.97. The monoisotopic (exact) mass is 241 g/mol. The lowest BCUT2D eigenvalue weighted by molar-refractivity contribution is -0.134. The van der Waals surface area contributed by atoms with E-state index in [1.54, 1.807) is 6.20 Å². The van der Waals surface area contributed by atoms with Crippen LogP contribution in [0.4, 0.5) is 0 Å². The molecule has 0 bridgehead atoms. The zero-order chi connectivity index (χ0) is 12.8. The Labute approximate surface area is 97.6 Å². The highest BCUT2D eigenvalue weighted by Crippen LogP contribution is 1.96. The fourth-order valence-electron chi connectivity index (χ4n) is 1.21. The van der Waals surface area contributed by atoms with Gasteiger partial charge in [0.05, 0.1) is 12.4 Å². The van der Waals surface area contributed by atoms with Crippen LogP contribution in [0.5, 0.6) is 0 Å². The van der Waals surface area contributed by atoms with E-state index in [0.29, 0.717) is 6.42 Å². The summed E-state index contributed by atoms with van der Waals surface area (Å²) in [6.07, 6.45) is 3.35. The van der Waals surface area contributed by atoms with Gasteiger partial charge in [0.1, 0.15) is 6.04 Å². The van der Waals surface area contributed by atoms with Crippen LogP contribution in [0.25, 0.3) is 0 Å². The number of hydroxylamine groups is 1. The number of carbonyl (C=O) groups excluding carboxylic acids is 2. The average molecular weight is 241 g/mol. The summed E-state index contributed by atoms with van der Waals surface area (Å²) >= 11 is 0. The van der Waals surface area contributed by atoms with E-state index in [4.69, 9.17) is 10.9 Å². The van der Waals surface area contributed by atoms with Crippen molar-refractivity contribution in [3.05, 3.63) is 18.2 Å². The SMILES string of the molecule is C[C@H](NC(=O)[C@@H](N)Cc1cnc[nH]1)C(=O)NO. The summed E-state index contributed by atoms with van der Waals surface area (Å²) in [7, 11) is 0. The number of H-pyrrole nitrogens is 1. The summed E-state index contributed by atoms with van der Waals surface area (Å²) in [5.41, 5.74) is 7.82. The van der Waals surface area contributed by atoms with Crippen molar-refractivity contribution in [3.63, 3.8) is 0 Å². The standard InChI is InChI=1S/C9H15N5O3/c1-5(8(15)14-17)13-9(16)7(10)2-6-3-11-4-12-6/h3-5,7,17H,2,10H2,1H3,(H,11,12)(H,13,16)(H,14,15)/t5-,7-/m0/s1. The number of nitrogens with one attached hydrogen (secondary N) is 3. The molecule has 1 rings (SSSR count). The molecule has 1 heterocycles. The molecule has 0 aliphatic rings. The normalized spacial score (nSPS) is 13.8. The number of rotatable bonds is 5. The van der Waals surface area contributed by atoms with Gasteiger partial charge < -0.3 is 16.0 Å². The molecule has 17 heavy (non-hydrogen) atoms. The minimum atomic E-state index is -0.847. The topological polar surface area (TPSA) is 133 Å². The maximum atomic E-state index is 11.6. The molecule has 0 unspecified atom stereocenters. The number of hydrogen-bond acceptors (Lipinski definition) is 5. The molecular weight excluding hydrogens is 226 g/mol. The van der Waals surface area contributed by atoms with Crippen LogP contribution in [-0.2, 0) is 16.0 Å². The first kappa shape index (κ1) is 13.1. The van der Waals surface area contributed by atoms with Crippen molar-refractivity contribution in [1.29, 1.82) is 0 Å². The third-order valence-corrected chi connectivity index (χ3v) is 2.19. The quantitative estimate of drug-likeness (QED) is 0.309. The molecule has 0 saturated heterocycles. The largest absolute Gasteiger partial charge is 0.348 e. The molecule has 2 amide bonds. The van der Waals surface area contributed by atoms with Crippen LogP contribution < -0.4 is 16.5 Å². The maximum absolute atomic E-state index is 11.6. The second-order valence-electron chi connectivity index (χ2n) is 3.59. The van der Waals surface area contributed by atoms with Crippen LogP contribution in [0.3, 0.4) is 0 Å². The number of nitrogens with two attached hydrogens (primary N) is 1. The Kier molecular flexibility index (Phi) is 4.61. The van der Waals surface area contributed by atoms with Crippen molar-refractivity contribution < 1.29 is 14.8 Å². The summed E-state index contributed by atoms with van der Waals surface area (Å²) in [6.45, 7) is 1.44. The highest BCUT2D eigenvalue weighted by molar-refractivity contribution is 5.88. The van der Waals surface area contributed by atoms with Crippen LogP contribution in [0.2, 0.25) is 0 Å². The van der Waals surface area contributed by atoms with E-state index in [2.05, 4.69) is 15.3 Å². The minimum Gasteiger partial charge on any atom is -0.348 e. The highest BCUT2D eigenvalue weighted by Gasteiger charge is 2.20. The van der Waals surface area contributed by atoms with Gasteiger partial charge in [0.15, 0.2) is 0 Å². The van der Waals surface area contributed by atoms with Gasteiger partial charge in [0.25, 0.3) is 5.91 Å². The lowest BCUT2D eigenvalue weighted by atomic mass is 10.1. The molecule has 0 aliphatic heterocycles. The van der Waals surface area contributed by atoms with Gasteiger partial charge in [0, 0.05) is 18.3 Å². The summed E-state index contributed by atoms with van der Waals surface area (Å²) in [4.78, 5) is 29.1. The maximum Gasteiger partial charge on any atom is 0.265 e. The first-order chi connectivity index (χ1) is 8.04. The van der Waals surface area contributed by atoms with Gasteiger partial charge in [-0.3, -0.25) is 14.8 Å². The van der Waals surface area contributed by atoms with Gasteiger partial charge in [0.2, 0.25) is 5.91 Å². The Morgan fingerprint density at radius 1 is 1.59 bits per heavy atom. The lowest BCUT2D eigenvalue weighted by Gasteiger charge is -2.15. The van der Waals surface area contributed by atoms with Gasteiger partial charge in [-0.15, -0.1) is 0 Å². The molecule has 0 fully saturated rings.